The van der Waals surface area contributed by atoms with Crippen LogP contribution in [-0.2, 0) is 24.7 Å². The summed E-state index contributed by atoms with van der Waals surface area (Å²) in [5.74, 6) is -1.66. The second kappa shape index (κ2) is 5.62. The molecule has 0 radical (unpaired) electrons. The first-order valence-electron chi connectivity index (χ1n) is 9.56. The second-order valence-electron chi connectivity index (χ2n) is 7.95. The molecule has 7 heteroatoms. The number of methoxy groups -OCH3 is 1. The van der Waals surface area contributed by atoms with E-state index in [0.717, 1.165) is 36.2 Å². The van der Waals surface area contributed by atoms with Gasteiger partial charge in [0.25, 0.3) is 0 Å². The SMILES string of the molecule is COCCN1C(=O)C2C3CCCN3C3(C(=O)Nc4c(C)cccc43)C2C1=O. The quantitative estimate of drug-likeness (QED) is 0.800. The highest BCUT2D eigenvalue weighted by Gasteiger charge is 2.74. The summed E-state index contributed by atoms with van der Waals surface area (Å²) in [5.41, 5.74) is 1.55. The number of amides is 3. The Morgan fingerprint density at radius 1 is 1.26 bits per heavy atom. The topological polar surface area (TPSA) is 79.0 Å². The van der Waals surface area contributed by atoms with Crippen molar-refractivity contribution in [1.29, 1.82) is 0 Å². The summed E-state index contributed by atoms with van der Waals surface area (Å²) in [6.45, 7) is 3.24. The molecule has 142 valence electrons. The monoisotopic (exact) mass is 369 g/mol. The van der Waals surface area contributed by atoms with E-state index in [1.807, 2.05) is 25.1 Å². The molecule has 4 aliphatic heterocycles. The average Bonchev–Trinajstić information content (AvgIpc) is 3.34. The van der Waals surface area contributed by atoms with Crippen LogP contribution in [0.15, 0.2) is 18.2 Å². The second-order valence-corrected chi connectivity index (χ2v) is 7.95. The number of ether oxygens (including phenoxy) is 1. The van der Waals surface area contributed by atoms with Crippen LogP contribution in [0.5, 0.6) is 0 Å². The largest absolute Gasteiger partial charge is 0.383 e. The number of carbonyl (C=O) groups is 3. The van der Waals surface area contributed by atoms with E-state index in [4.69, 9.17) is 4.74 Å². The Morgan fingerprint density at radius 2 is 2.07 bits per heavy atom. The van der Waals surface area contributed by atoms with Crippen molar-refractivity contribution in [3.8, 4) is 0 Å². The third kappa shape index (κ3) is 1.86. The Hall–Kier alpha value is -2.25. The lowest BCUT2D eigenvalue weighted by molar-refractivity contribution is -0.146. The van der Waals surface area contributed by atoms with E-state index in [9.17, 15) is 14.4 Å². The zero-order valence-electron chi connectivity index (χ0n) is 15.5. The van der Waals surface area contributed by atoms with E-state index >= 15 is 0 Å². The Balaban J connectivity index is 1.70. The minimum absolute atomic E-state index is 0.0591. The molecule has 0 saturated carbocycles. The van der Waals surface area contributed by atoms with Crippen molar-refractivity contribution in [1.82, 2.24) is 9.80 Å². The lowest BCUT2D eigenvalue weighted by atomic mass is 9.75. The molecule has 0 aromatic heterocycles. The van der Waals surface area contributed by atoms with Crippen molar-refractivity contribution < 1.29 is 19.1 Å². The molecule has 3 saturated heterocycles. The Labute approximate surface area is 157 Å². The number of likely N-dealkylation sites (tertiary alicyclic amines) is 1. The normalized spacial score (nSPS) is 34.4. The number of nitrogens with one attached hydrogen (secondary N) is 1. The van der Waals surface area contributed by atoms with Gasteiger partial charge in [-0.25, -0.2) is 0 Å². The molecule has 3 amide bonds. The number of nitrogens with zero attached hydrogens (tertiary/aromatic N) is 2. The number of anilines is 1. The summed E-state index contributed by atoms with van der Waals surface area (Å²) in [7, 11) is 1.55. The van der Waals surface area contributed by atoms with Gasteiger partial charge in [0.05, 0.1) is 25.0 Å². The summed E-state index contributed by atoms with van der Waals surface area (Å²) in [4.78, 5) is 43.4. The minimum Gasteiger partial charge on any atom is -0.383 e. The number of hydrogen-bond acceptors (Lipinski definition) is 5. The minimum atomic E-state index is -1.07. The molecular formula is C20H23N3O4. The van der Waals surface area contributed by atoms with Crippen LogP contribution in [0.25, 0.3) is 0 Å². The van der Waals surface area contributed by atoms with Gasteiger partial charge in [-0.1, -0.05) is 18.2 Å². The molecular weight excluding hydrogens is 346 g/mol. The third-order valence-electron chi connectivity index (χ3n) is 6.85. The molecule has 1 aromatic rings. The summed E-state index contributed by atoms with van der Waals surface area (Å²) in [5, 5.41) is 3.03. The Bertz CT molecular complexity index is 869. The summed E-state index contributed by atoms with van der Waals surface area (Å²) >= 11 is 0. The predicted molar refractivity (Wildman–Crippen MR) is 96.8 cm³/mol. The number of aryl methyl sites for hydroxylation is 1. The molecule has 4 atom stereocenters. The molecule has 7 nitrogen and oxygen atoms in total. The molecule has 4 unspecified atom stereocenters. The number of imide groups is 1. The van der Waals surface area contributed by atoms with Crippen molar-refractivity contribution in [2.24, 2.45) is 11.8 Å². The number of para-hydroxylation sites is 1. The highest BCUT2D eigenvalue weighted by molar-refractivity contribution is 6.15. The van der Waals surface area contributed by atoms with E-state index in [0.29, 0.717) is 6.61 Å². The summed E-state index contributed by atoms with van der Waals surface area (Å²) in [6, 6.07) is 5.76. The van der Waals surface area contributed by atoms with Crippen LogP contribution in [0.3, 0.4) is 0 Å². The number of rotatable bonds is 3. The Morgan fingerprint density at radius 3 is 2.85 bits per heavy atom. The predicted octanol–water partition coefficient (Wildman–Crippen LogP) is 0.868. The number of hydrogen-bond donors (Lipinski definition) is 1. The fourth-order valence-corrected chi connectivity index (χ4v) is 5.84. The summed E-state index contributed by atoms with van der Waals surface area (Å²) in [6.07, 6.45) is 1.78. The average molecular weight is 369 g/mol. The molecule has 3 fully saturated rings. The first-order valence-corrected chi connectivity index (χ1v) is 9.56. The molecule has 0 bridgehead atoms. The van der Waals surface area contributed by atoms with E-state index in [-0.39, 0.29) is 30.3 Å². The van der Waals surface area contributed by atoms with Crippen LogP contribution in [0.2, 0.25) is 0 Å². The molecule has 4 heterocycles. The maximum Gasteiger partial charge on any atom is 0.250 e. The van der Waals surface area contributed by atoms with Crippen LogP contribution >= 0.6 is 0 Å². The van der Waals surface area contributed by atoms with Crippen molar-refractivity contribution >= 4 is 23.4 Å². The van der Waals surface area contributed by atoms with Crippen LogP contribution in [0, 0.1) is 18.8 Å². The van der Waals surface area contributed by atoms with Crippen LogP contribution < -0.4 is 5.32 Å². The van der Waals surface area contributed by atoms with Crippen molar-refractivity contribution in [3.05, 3.63) is 29.3 Å². The molecule has 1 N–H and O–H groups in total. The van der Waals surface area contributed by atoms with Crippen LogP contribution in [0.4, 0.5) is 5.69 Å². The first kappa shape index (κ1) is 16.9. The van der Waals surface area contributed by atoms with Gasteiger partial charge in [0, 0.05) is 24.4 Å². The lowest BCUT2D eigenvalue weighted by Crippen LogP contribution is -2.54. The first-order chi connectivity index (χ1) is 13.0. The standard InChI is InChI=1S/C20H23N3O4/c1-11-5-3-6-12-16(11)21-19(26)20(12)15-14(13-7-4-8-23(13)20)17(24)22(18(15)25)9-10-27-2/h3,5-6,13-15H,4,7-10H2,1-2H3,(H,21,26). The number of carbonyl (C=O) groups excluding carboxylic acids is 3. The lowest BCUT2D eigenvalue weighted by Gasteiger charge is -2.36. The van der Waals surface area contributed by atoms with Crippen LogP contribution in [-0.4, -0.2) is 60.4 Å². The zero-order valence-corrected chi connectivity index (χ0v) is 15.5. The summed E-state index contributed by atoms with van der Waals surface area (Å²) < 4.78 is 5.08. The van der Waals surface area contributed by atoms with Gasteiger partial charge in [0.15, 0.2) is 0 Å². The van der Waals surface area contributed by atoms with Gasteiger partial charge in [-0.3, -0.25) is 24.2 Å². The number of benzene rings is 1. The van der Waals surface area contributed by atoms with E-state index in [1.54, 1.807) is 7.11 Å². The van der Waals surface area contributed by atoms with Gasteiger partial charge in [-0.05, 0) is 31.9 Å². The molecule has 1 spiro atoms. The smallest absolute Gasteiger partial charge is 0.250 e. The van der Waals surface area contributed by atoms with E-state index in [2.05, 4.69) is 10.2 Å². The molecule has 4 aliphatic rings. The molecule has 0 aliphatic carbocycles. The van der Waals surface area contributed by atoms with E-state index < -0.39 is 17.4 Å². The van der Waals surface area contributed by atoms with Crippen molar-refractivity contribution in [2.45, 2.75) is 31.3 Å². The van der Waals surface area contributed by atoms with Crippen molar-refractivity contribution in [2.75, 3.05) is 32.1 Å². The fraction of sp³-hybridized carbons (Fsp3) is 0.550. The van der Waals surface area contributed by atoms with Gasteiger partial charge in [-0.2, -0.15) is 0 Å². The Kier molecular flexibility index (Phi) is 3.52. The molecule has 27 heavy (non-hydrogen) atoms. The highest BCUT2D eigenvalue weighted by Crippen LogP contribution is 2.60. The van der Waals surface area contributed by atoms with E-state index in [1.165, 1.54) is 4.90 Å². The van der Waals surface area contributed by atoms with Gasteiger partial charge in [0.1, 0.15) is 5.54 Å². The highest BCUT2D eigenvalue weighted by atomic mass is 16.5. The molecule has 1 aromatic carbocycles. The zero-order chi connectivity index (χ0) is 18.9. The maximum absolute atomic E-state index is 13.4. The van der Waals surface area contributed by atoms with Gasteiger partial charge >= 0.3 is 0 Å². The van der Waals surface area contributed by atoms with Gasteiger partial charge < -0.3 is 10.1 Å². The fourth-order valence-electron chi connectivity index (χ4n) is 5.84. The van der Waals surface area contributed by atoms with Crippen LogP contribution in [0.1, 0.15) is 24.0 Å². The third-order valence-corrected chi connectivity index (χ3v) is 6.85. The maximum atomic E-state index is 13.4. The van der Waals surface area contributed by atoms with Crippen molar-refractivity contribution in [3.63, 3.8) is 0 Å². The van der Waals surface area contributed by atoms with Gasteiger partial charge in [0.2, 0.25) is 17.7 Å². The molecule has 5 rings (SSSR count). The van der Waals surface area contributed by atoms with Gasteiger partial charge in [-0.15, -0.1) is 0 Å². The number of fused-ring (bicyclic) bond motifs is 7.